The number of anilines is 3. The SMILES string of the molecule is COc1cc(Nc2cnc(C#N)c(NC(C)C3COC3)n2)[nH]n1. The van der Waals surface area contributed by atoms with Crippen molar-refractivity contribution in [2.45, 2.75) is 13.0 Å². The van der Waals surface area contributed by atoms with Crippen LogP contribution >= 0.6 is 0 Å². The molecule has 9 heteroatoms. The molecule has 1 atom stereocenters. The Kier molecular flexibility index (Phi) is 4.25. The zero-order chi connectivity index (χ0) is 16.2. The molecule has 0 aromatic carbocycles. The quantitative estimate of drug-likeness (QED) is 0.728. The summed E-state index contributed by atoms with van der Waals surface area (Å²) < 4.78 is 10.2. The summed E-state index contributed by atoms with van der Waals surface area (Å²) in [4.78, 5) is 8.55. The molecule has 3 heterocycles. The topological polar surface area (TPSA) is 121 Å². The lowest BCUT2D eigenvalue weighted by atomic mass is 10.00. The lowest BCUT2D eigenvalue weighted by Crippen LogP contribution is -2.40. The maximum atomic E-state index is 9.19. The highest BCUT2D eigenvalue weighted by molar-refractivity contribution is 5.57. The number of nitrogens with zero attached hydrogens (tertiary/aromatic N) is 4. The first-order valence-corrected chi connectivity index (χ1v) is 7.17. The van der Waals surface area contributed by atoms with E-state index in [4.69, 9.17) is 9.47 Å². The predicted octanol–water partition coefficient (Wildman–Crippen LogP) is 1.27. The number of nitriles is 1. The molecule has 3 N–H and O–H groups in total. The Hall–Kier alpha value is -2.86. The first kappa shape index (κ1) is 15.1. The van der Waals surface area contributed by atoms with Crippen LogP contribution in [0.5, 0.6) is 5.88 Å². The van der Waals surface area contributed by atoms with Crippen molar-refractivity contribution in [2.75, 3.05) is 31.0 Å². The molecule has 23 heavy (non-hydrogen) atoms. The molecule has 0 radical (unpaired) electrons. The van der Waals surface area contributed by atoms with E-state index < -0.39 is 0 Å². The number of hydrogen-bond donors (Lipinski definition) is 3. The second-order valence-electron chi connectivity index (χ2n) is 5.24. The van der Waals surface area contributed by atoms with E-state index in [2.05, 4.69) is 30.8 Å². The summed E-state index contributed by atoms with van der Waals surface area (Å²) in [6, 6.07) is 3.89. The molecule has 2 aromatic rings. The Bertz CT molecular complexity index is 720. The highest BCUT2D eigenvalue weighted by atomic mass is 16.5. The van der Waals surface area contributed by atoms with E-state index in [1.165, 1.54) is 13.3 Å². The Morgan fingerprint density at radius 3 is 2.96 bits per heavy atom. The van der Waals surface area contributed by atoms with Gasteiger partial charge in [0.2, 0.25) is 5.88 Å². The van der Waals surface area contributed by atoms with Gasteiger partial charge in [0.15, 0.2) is 17.3 Å². The van der Waals surface area contributed by atoms with Gasteiger partial charge in [0.05, 0.1) is 26.5 Å². The largest absolute Gasteiger partial charge is 0.480 e. The first-order chi connectivity index (χ1) is 11.2. The van der Waals surface area contributed by atoms with E-state index in [1.54, 1.807) is 6.07 Å². The van der Waals surface area contributed by atoms with E-state index in [1.807, 2.05) is 13.0 Å². The minimum Gasteiger partial charge on any atom is -0.480 e. The maximum Gasteiger partial charge on any atom is 0.234 e. The number of H-pyrrole nitrogens is 1. The van der Waals surface area contributed by atoms with Gasteiger partial charge in [-0.05, 0) is 6.92 Å². The van der Waals surface area contributed by atoms with Gasteiger partial charge >= 0.3 is 0 Å². The normalized spacial score (nSPS) is 15.3. The second kappa shape index (κ2) is 6.50. The molecule has 2 aromatic heterocycles. The zero-order valence-corrected chi connectivity index (χ0v) is 12.8. The fourth-order valence-corrected chi connectivity index (χ4v) is 2.12. The average Bonchev–Trinajstić information content (AvgIpc) is 2.93. The summed E-state index contributed by atoms with van der Waals surface area (Å²) in [5.41, 5.74) is 0.254. The van der Waals surface area contributed by atoms with Gasteiger partial charge in [-0.25, -0.2) is 9.97 Å². The molecule has 0 aliphatic carbocycles. The van der Waals surface area contributed by atoms with Crippen molar-refractivity contribution in [3.8, 4) is 11.9 Å². The van der Waals surface area contributed by atoms with Gasteiger partial charge in [0.25, 0.3) is 0 Å². The third-order valence-corrected chi connectivity index (χ3v) is 3.64. The molecule has 0 saturated carbocycles. The van der Waals surface area contributed by atoms with Crippen LogP contribution in [0.4, 0.5) is 17.5 Å². The maximum absolute atomic E-state index is 9.19. The summed E-state index contributed by atoms with van der Waals surface area (Å²) in [5, 5.41) is 22.2. The van der Waals surface area contributed by atoms with Gasteiger partial charge in [0, 0.05) is 18.0 Å². The molecule has 0 amide bonds. The Morgan fingerprint density at radius 1 is 1.52 bits per heavy atom. The van der Waals surface area contributed by atoms with Crippen molar-refractivity contribution in [1.29, 1.82) is 5.26 Å². The minimum absolute atomic E-state index is 0.146. The summed E-state index contributed by atoms with van der Waals surface area (Å²) in [5.74, 6) is 2.44. The summed E-state index contributed by atoms with van der Waals surface area (Å²) in [6.45, 7) is 3.47. The predicted molar refractivity (Wildman–Crippen MR) is 82.6 cm³/mol. The molecule has 1 saturated heterocycles. The van der Waals surface area contributed by atoms with Gasteiger partial charge in [-0.2, -0.15) is 5.26 Å². The molecular weight excluding hydrogens is 298 g/mol. The molecule has 0 bridgehead atoms. The summed E-state index contributed by atoms with van der Waals surface area (Å²) in [7, 11) is 1.54. The zero-order valence-electron chi connectivity index (χ0n) is 12.8. The molecule has 1 aliphatic rings. The number of methoxy groups -OCH3 is 1. The number of hydrogen-bond acceptors (Lipinski definition) is 8. The molecule has 1 fully saturated rings. The van der Waals surface area contributed by atoms with Crippen LogP contribution in [-0.4, -0.2) is 46.5 Å². The number of rotatable bonds is 6. The van der Waals surface area contributed by atoms with E-state index in [-0.39, 0.29) is 11.7 Å². The number of ether oxygens (including phenoxy) is 2. The van der Waals surface area contributed by atoms with Crippen LogP contribution in [0.2, 0.25) is 0 Å². The van der Waals surface area contributed by atoms with Crippen LogP contribution in [0.15, 0.2) is 12.3 Å². The Balaban J connectivity index is 1.76. The smallest absolute Gasteiger partial charge is 0.234 e. The lowest BCUT2D eigenvalue weighted by molar-refractivity contribution is -0.0379. The fraction of sp³-hybridized carbons (Fsp3) is 0.429. The average molecular weight is 315 g/mol. The van der Waals surface area contributed by atoms with Crippen molar-refractivity contribution >= 4 is 17.5 Å². The van der Waals surface area contributed by atoms with Gasteiger partial charge in [-0.3, -0.25) is 5.10 Å². The monoisotopic (exact) mass is 315 g/mol. The van der Waals surface area contributed by atoms with Crippen molar-refractivity contribution < 1.29 is 9.47 Å². The minimum atomic E-state index is 0.146. The van der Waals surface area contributed by atoms with Crippen LogP contribution in [0.25, 0.3) is 0 Å². The molecular formula is C14H17N7O2. The highest BCUT2D eigenvalue weighted by Gasteiger charge is 2.26. The van der Waals surface area contributed by atoms with E-state index in [0.29, 0.717) is 29.3 Å². The van der Waals surface area contributed by atoms with Gasteiger partial charge in [0.1, 0.15) is 11.9 Å². The van der Waals surface area contributed by atoms with E-state index in [0.717, 1.165) is 13.2 Å². The third kappa shape index (κ3) is 3.32. The Labute approximate surface area is 133 Å². The lowest BCUT2D eigenvalue weighted by Gasteiger charge is -2.32. The van der Waals surface area contributed by atoms with Crippen LogP contribution in [0.3, 0.4) is 0 Å². The molecule has 3 rings (SSSR count). The van der Waals surface area contributed by atoms with Crippen LogP contribution < -0.4 is 15.4 Å². The Morgan fingerprint density at radius 2 is 2.35 bits per heavy atom. The number of aromatic nitrogens is 4. The van der Waals surface area contributed by atoms with Crippen molar-refractivity contribution in [2.24, 2.45) is 5.92 Å². The van der Waals surface area contributed by atoms with Crippen LogP contribution in [-0.2, 0) is 4.74 Å². The summed E-state index contributed by atoms with van der Waals surface area (Å²) in [6.07, 6.45) is 1.49. The molecule has 0 spiro atoms. The number of nitrogens with one attached hydrogen (secondary N) is 3. The second-order valence-corrected chi connectivity index (χ2v) is 5.24. The van der Waals surface area contributed by atoms with Crippen molar-refractivity contribution in [3.63, 3.8) is 0 Å². The number of aromatic amines is 1. The van der Waals surface area contributed by atoms with Crippen LogP contribution in [0, 0.1) is 17.2 Å². The van der Waals surface area contributed by atoms with Crippen LogP contribution in [0.1, 0.15) is 12.6 Å². The van der Waals surface area contributed by atoms with E-state index >= 15 is 0 Å². The molecule has 9 nitrogen and oxygen atoms in total. The van der Waals surface area contributed by atoms with Gasteiger partial charge in [-0.1, -0.05) is 0 Å². The van der Waals surface area contributed by atoms with Crippen molar-refractivity contribution in [3.05, 3.63) is 18.0 Å². The molecule has 1 aliphatic heterocycles. The van der Waals surface area contributed by atoms with Crippen molar-refractivity contribution in [1.82, 2.24) is 20.2 Å². The molecule has 120 valence electrons. The standard InChI is InChI=1S/C14H17N7O2/c1-8(9-6-23-7-9)17-14-10(4-15)16-5-12(19-14)18-11-3-13(22-2)21-20-11/h3,5,8-9H,6-7H2,1-2H3,(H3,17,18,19,20,21). The van der Waals surface area contributed by atoms with Gasteiger partial charge < -0.3 is 20.1 Å². The summed E-state index contributed by atoms with van der Waals surface area (Å²) >= 11 is 0. The fourth-order valence-electron chi connectivity index (χ4n) is 2.12. The van der Waals surface area contributed by atoms with E-state index in [9.17, 15) is 5.26 Å². The van der Waals surface area contributed by atoms with Gasteiger partial charge in [-0.15, -0.1) is 5.10 Å². The molecule has 1 unspecified atom stereocenters. The first-order valence-electron chi connectivity index (χ1n) is 7.17. The third-order valence-electron chi connectivity index (χ3n) is 3.64. The highest BCUT2D eigenvalue weighted by Crippen LogP contribution is 2.22.